The lowest BCUT2D eigenvalue weighted by molar-refractivity contribution is 1.07. The van der Waals surface area contributed by atoms with E-state index in [0.29, 0.717) is 34.3 Å². The van der Waals surface area contributed by atoms with Crippen LogP contribution in [0.1, 0.15) is 11.1 Å². The molecule has 0 aliphatic rings. The Bertz CT molecular complexity index is 5590. The van der Waals surface area contributed by atoms with E-state index >= 15 is 0 Å². The first-order valence-corrected chi connectivity index (χ1v) is 32.4. The highest BCUT2D eigenvalue weighted by Crippen LogP contribution is 2.44. The summed E-state index contributed by atoms with van der Waals surface area (Å²) in [6, 6.07) is 118. The Kier molecular flexibility index (Phi) is 14.5. The molecular weight excluding hydrogens is 1190 g/mol. The van der Waals surface area contributed by atoms with Crippen LogP contribution in [0.2, 0.25) is 0 Å². The van der Waals surface area contributed by atoms with Gasteiger partial charge in [0.1, 0.15) is 0 Å². The van der Waals surface area contributed by atoms with Gasteiger partial charge in [0.2, 0.25) is 0 Å². The summed E-state index contributed by atoms with van der Waals surface area (Å²) < 4.78 is 4.69. The molecule has 98 heavy (non-hydrogen) atoms. The van der Waals surface area contributed by atoms with Crippen molar-refractivity contribution >= 4 is 49.3 Å². The lowest BCUT2D eigenvalue weighted by atomic mass is 9.96. The Hall–Kier alpha value is -13.8. The summed E-state index contributed by atoms with van der Waals surface area (Å²) in [5.41, 5.74) is 24.1. The van der Waals surface area contributed by atoms with Gasteiger partial charge in [-0.05, 0) is 193 Å². The van der Waals surface area contributed by atoms with Gasteiger partial charge in [-0.15, -0.1) is 0 Å². The van der Waals surface area contributed by atoms with Crippen molar-refractivity contribution in [2.45, 2.75) is 0 Å². The molecule has 0 N–H and O–H groups in total. The number of benzene rings is 14. The Morgan fingerprint density at radius 1 is 0.255 bits per heavy atom. The molecule has 0 saturated carbocycles. The number of aromatic nitrogens is 5. The van der Waals surface area contributed by atoms with Crippen LogP contribution in [0, 0.1) is 29.2 Å². The molecule has 0 aliphatic carbocycles. The van der Waals surface area contributed by atoms with E-state index in [-0.39, 0.29) is 0 Å². The van der Waals surface area contributed by atoms with Crippen molar-refractivity contribution in [3.8, 4) is 136 Å². The molecule has 17 aromatic rings. The van der Waals surface area contributed by atoms with Crippen LogP contribution in [0.15, 0.2) is 328 Å². The zero-order chi connectivity index (χ0) is 65.6. The second-order valence-corrected chi connectivity index (χ2v) is 24.4. The van der Waals surface area contributed by atoms with Crippen LogP contribution in [0.25, 0.3) is 172 Å². The molecule has 0 atom stereocenters. The summed E-state index contributed by atoms with van der Waals surface area (Å²) in [6.07, 6.45) is 0. The molecule has 8 heteroatoms. The van der Waals surface area contributed by atoms with Crippen LogP contribution < -0.4 is 0 Å². The molecular formula is C90H54N8. The smallest absolute Gasteiger partial charge is 0.187 e. The maximum absolute atomic E-state index is 10.2. The molecule has 0 fully saturated rings. The van der Waals surface area contributed by atoms with Gasteiger partial charge in [0.25, 0.3) is 0 Å². The summed E-state index contributed by atoms with van der Waals surface area (Å²) >= 11 is 0. The molecule has 3 heterocycles. The Balaban J connectivity index is 0.895. The molecule has 0 aliphatic heterocycles. The Morgan fingerprint density at radius 3 is 0.990 bits per heavy atom. The third kappa shape index (κ3) is 10.6. The van der Waals surface area contributed by atoms with Crippen LogP contribution in [-0.2, 0) is 0 Å². The molecule has 454 valence electrons. The highest BCUT2D eigenvalue weighted by molar-refractivity contribution is 6.13. The fraction of sp³-hybridized carbons (Fsp3) is 0. The van der Waals surface area contributed by atoms with Crippen molar-refractivity contribution in [1.82, 2.24) is 24.1 Å². The largest absolute Gasteiger partial charge is 0.309 e. The van der Waals surface area contributed by atoms with E-state index in [1.54, 1.807) is 0 Å². The Labute approximate surface area is 566 Å². The highest BCUT2D eigenvalue weighted by atomic mass is 15.0. The maximum atomic E-state index is 10.2. The third-order valence-corrected chi connectivity index (χ3v) is 18.7. The van der Waals surface area contributed by atoms with Crippen LogP contribution in [0.3, 0.4) is 0 Å². The van der Waals surface area contributed by atoms with E-state index in [1.807, 2.05) is 115 Å². The Morgan fingerprint density at radius 2 is 0.592 bits per heavy atom. The minimum absolute atomic E-state index is 0.430. The van der Waals surface area contributed by atoms with E-state index in [1.165, 1.54) is 0 Å². The quantitative estimate of drug-likeness (QED) is 0.113. The standard InChI is InChI=1S/C90H54N8/c1-93-73-38-32-65(33-39-73)79-55-75(98-86-46-36-70(62-21-10-4-11-22-62)52-82(86)83-53-71(37-47-87(83)98)63-23-12-5-13-24-63)41-43-77(79)90-95-88(72-27-15-26-67(49-72)66-25-14-16-59(48-66)57-92)94-89(96-90)76-42-40-74(54-78(76)64-30-28-58(56-91)29-31-64)97-84-44-34-68(60-17-6-2-7-18-60)50-80(84)81-51-69(35-45-85(81)97)61-19-8-3-9-20-61/h2-55H. The highest BCUT2D eigenvalue weighted by Gasteiger charge is 2.24. The molecule has 0 unspecified atom stereocenters. The van der Waals surface area contributed by atoms with Crippen LogP contribution in [0.4, 0.5) is 5.69 Å². The first-order chi connectivity index (χ1) is 48.4. The number of hydrogen-bond acceptors (Lipinski definition) is 5. The lowest BCUT2D eigenvalue weighted by Crippen LogP contribution is -2.03. The average molecular weight is 1250 g/mol. The summed E-state index contributed by atoms with van der Waals surface area (Å²) in [4.78, 5) is 20.4. The molecule has 17 rings (SSSR count). The molecule has 0 amide bonds. The van der Waals surface area contributed by atoms with Gasteiger partial charge in [-0.3, -0.25) is 0 Å². The maximum Gasteiger partial charge on any atom is 0.187 e. The second kappa shape index (κ2) is 24.6. The van der Waals surface area contributed by atoms with E-state index in [9.17, 15) is 10.5 Å². The molecule has 3 aromatic heterocycles. The third-order valence-electron chi connectivity index (χ3n) is 18.7. The van der Waals surface area contributed by atoms with Gasteiger partial charge in [-0.25, -0.2) is 19.8 Å². The fourth-order valence-electron chi connectivity index (χ4n) is 13.8. The normalized spacial score (nSPS) is 11.2. The zero-order valence-corrected chi connectivity index (χ0v) is 52.8. The van der Waals surface area contributed by atoms with Gasteiger partial charge in [0, 0.05) is 49.6 Å². The van der Waals surface area contributed by atoms with Gasteiger partial charge >= 0.3 is 0 Å². The number of nitriles is 2. The summed E-state index contributed by atoms with van der Waals surface area (Å²) in [5.74, 6) is 1.30. The topological polar surface area (TPSA) is 100 Å². The van der Waals surface area contributed by atoms with Crippen molar-refractivity contribution in [1.29, 1.82) is 10.5 Å². The minimum Gasteiger partial charge on any atom is -0.309 e. The van der Waals surface area contributed by atoms with E-state index in [4.69, 9.17) is 21.5 Å². The number of rotatable bonds is 12. The van der Waals surface area contributed by atoms with Crippen molar-refractivity contribution in [3.63, 3.8) is 0 Å². The predicted octanol–water partition coefficient (Wildman–Crippen LogP) is 23.0. The fourth-order valence-corrected chi connectivity index (χ4v) is 13.8. The monoisotopic (exact) mass is 1250 g/mol. The summed E-state index contributed by atoms with van der Waals surface area (Å²) in [7, 11) is 0. The number of hydrogen-bond donors (Lipinski definition) is 0. The zero-order valence-electron chi connectivity index (χ0n) is 52.8. The summed E-state index contributed by atoms with van der Waals surface area (Å²) in [6.45, 7) is 7.98. The van der Waals surface area contributed by atoms with Crippen molar-refractivity contribution in [2.75, 3.05) is 0 Å². The molecule has 0 bridgehead atoms. The van der Waals surface area contributed by atoms with Gasteiger partial charge in [-0.2, -0.15) is 10.5 Å². The van der Waals surface area contributed by atoms with Crippen molar-refractivity contribution in [3.05, 3.63) is 350 Å². The summed E-state index contributed by atoms with van der Waals surface area (Å²) in [5, 5.41) is 24.6. The predicted molar refractivity (Wildman–Crippen MR) is 399 cm³/mol. The molecule has 0 radical (unpaired) electrons. The van der Waals surface area contributed by atoms with Crippen molar-refractivity contribution < 1.29 is 0 Å². The van der Waals surface area contributed by atoms with Gasteiger partial charge < -0.3 is 9.13 Å². The van der Waals surface area contributed by atoms with Gasteiger partial charge in [-0.1, -0.05) is 212 Å². The van der Waals surface area contributed by atoms with Crippen LogP contribution in [-0.4, -0.2) is 24.1 Å². The first kappa shape index (κ1) is 58.0. The number of nitrogens with zero attached hydrogens (tertiary/aromatic N) is 8. The molecule has 0 spiro atoms. The van der Waals surface area contributed by atoms with Crippen LogP contribution >= 0.6 is 0 Å². The molecule has 0 saturated heterocycles. The lowest BCUT2D eigenvalue weighted by Gasteiger charge is -2.17. The second-order valence-electron chi connectivity index (χ2n) is 24.4. The van der Waals surface area contributed by atoms with Crippen molar-refractivity contribution in [2.24, 2.45) is 0 Å². The van der Waals surface area contributed by atoms with E-state index in [0.717, 1.165) is 150 Å². The number of fused-ring (bicyclic) bond motifs is 6. The van der Waals surface area contributed by atoms with E-state index in [2.05, 4.69) is 238 Å². The minimum atomic E-state index is 0.430. The first-order valence-electron chi connectivity index (χ1n) is 32.4. The SMILES string of the molecule is [C-]#[N+]c1ccc(-c2cc(-n3c4ccc(-c5ccccc5)cc4c4cc(-c5ccccc5)ccc43)ccc2-c2nc(-c3cccc(-c4cccc(C#N)c4)c3)nc(-c3ccc(-n4c5ccc(-c6ccccc6)cc5c5cc(-c6ccccc6)ccc54)cc3-c3ccc(C#N)cc3)n2)cc1. The molecule has 8 nitrogen and oxygen atoms in total. The molecule has 14 aromatic carbocycles. The van der Waals surface area contributed by atoms with Gasteiger partial charge in [0.15, 0.2) is 23.2 Å². The average Bonchev–Trinajstić information content (AvgIpc) is 1.53. The van der Waals surface area contributed by atoms with Crippen LogP contribution in [0.5, 0.6) is 0 Å². The van der Waals surface area contributed by atoms with E-state index < -0.39 is 0 Å². The van der Waals surface area contributed by atoms with Gasteiger partial charge in [0.05, 0.1) is 51.9 Å².